The molecule has 92 valence electrons. The molecular formula is C13H19N3O. The van der Waals surface area contributed by atoms with Gasteiger partial charge in [-0.2, -0.15) is 0 Å². The molecule has 0 radical (unpaired) electrons. The lowest BCUT2D eigenvalue weighted by Gasteiger charge is -2.05. The minimum atomic E-state index is 0.750. The molecule has 1 N–H and O–H groups in total. The van der Waals surface area contributed by atoms with Crippen molar-refractivity contribution in [1.82, 2.24) is 14.9 Å². The predicted octanol–water partition coefficient (Wildman–Crippen LogP) is 1.70. The Hall–Kier alpha value is -1.39. The van der Waals surface area contributed by atoms with Crippen molar-refractivity contribution in [2.75, 3.05) is 19.8 Å². The van der Waals surface area contributed by atoms with Crippen LogP contribution in [0.4, 0.5) is 0 Å². The summed E-state index contributed by atoms with van der Waals surface area (Å²) < 4.78 is 7.40. The first-order valence-electron chi connectivity index (χ1n) is 6.01. The highest BCUT2D eigenvalue weighted by Gasteiger charge is 2.05. The van der Waals surface area contributed by atoms with Crippen molar-refractivity contribution in [2.45, 2.75) is 13.5 Å². The number of fused-ring (bicyclic) bond motifs is 1. The molecule has 0 atom stereocenters. The van der Waals surface area contributed by atoms with Crippen LogP contribution in [0.15, 0.2) is 24.3 Å². The van der Waals surface area contributed by atoms with Gasteiger partial charge < -0.3 is 14.6 Å². The fourth-order valence-corrected chi connectivity index (χ4v) is 1.84. The zero-order chi connectivity index (χ0) is 12.1. The van der Waals surface area contributed by atoms with Crippen molar-refractivity contribution in [3.63, 3.8) is 0 Å². The molecule has 1 aromatic heterocycles. The molecule has 1 heterocycles. The van der Waals surface area contributed by atoms with Gasteiger partial charge in [-0.1, -0.05) is 12.1 Å². The van der Waals surface area contributed by atoms with Crippen LogP contribution < -0.4 is 5.32 Å². The van der Waals surface area contributed by atoms with Crippen LogP contribution in [0, 0.1) is 0 Å². The minimum Gasteiger partial charge on any atom is -0.380 e. The summed E-state index contributed by atoms with van der Waals surface area (Å²) in [6, 6.07) is 8.18. The van der Waals surface area contributed by atoms with E-state index in [1.807, 2.05) is 25.1 Å². The Morgan fingerprint density at radius 1 is 1.35 bits per heavy atom. The highest BCUT2D eigenvalue weighted by atomic mass is 16.5. The molecule has 0 saturated heterocycles. The summed E-state index contributed by atoms with van der Waals surface area (Å²) in [5.74, 6) is 1.06. The molecule has 0 amide bonds. The lowest BCUT2D eigenvalue weighted by Crippen LogP contribution is -2.21. The zero-order valence-electron chi connectivity index (χ0n) is 10.4. The molecule has 4 heteroatoms. The standard InChI is InChI=1S/C13H19N3O/c1-3-17-9-8-14-10-13-15-11-6-4-5-7-12(11)16(13)2/h4-7,14H,3,8-10H2,1-2H3. The molecule has 0 saturated carbocycles. The van der Waals surface area contributed by atoms with Gasteiger partial charge in [-0.25, -0.2) is 4.98 Å². The van der Waals surface area contributed by atoms with Crippen molar-refractivity contribution >= 4 is 11.0 Å². The molecule has 4 nitrogen and oxygen atoms in total. The first kappa shape index (κ1) is 12.1. The lowest BCUT2D eigenvalue weighted by molar-refractivity contribution is 0.149. The Labute approximate surface area is 102 Å². The van der Waals surface area contributed by atoms with E-state index < -0.39 is 0 Å². The molecular weight excluding hydrogens is 214 g/mol. The van der Waals surface area contributed by atoms with Gasteiger partial charge in [0.05, 0.1) is 24.2 Å². The predicted molar refractivity (Wildman–Crippen MR) is 68.9 cm³/mol. The summed E-state index contributed by atoms with van der Waals surface area (Å²) in [6.07, 6.45) is 0. The maximum absolute atomic E-state index is 5.27. The fraction of sp³-hybridized carbons (Fsp3) is 0.462. The number of ether oxygens (including phenoxy) is 1. The van der Waals surface area contributed by atoms with Gasteiger partial charge in [-0.3, -0.25) is 0 Å². The van der Waals surface area contributed by atoms with Crippen molar-refractivity contribution in [2.24, 2.45) is 7.05 Å². The summed E-state index contributed by atoms with van der Waals surface area (Å²) in [6.45, 7) is 5.16. The molecule has 2 rings (SSSR count). The molecule has 1 aromatic carbocycles. The van der Waals surface area contributed by atoms with E-state index >= 15 is 0 Å². The number of nitrogens with one attached hydrogen (secondary N) is 1. The van der Waals surface area contributed by atoms with Gasteiger partial charge in [0.2, 0.25) is 0 Å². The van der Waals surface area contributed by atoms with Gasteiger partial charge >= 0.3 is 0 Å². The van der Waals surface area contributed by atoms with Crippen LogP contribution in [0.3, 0.4) is 0 Å². The van der Waals surface area contributed by atoms with Crippen LogP contribution in [-0.4, -0.2) is 29.3 Å². The van der Waals surface area contributed by atoms with Gasteiger partial charge in [0.1, 0.15) is 5.82 Å². The summed E-state index contributed by atoms with van der Waals surface area (Å²) in [7, 11) is 2.05. The van der Waals surface area contributed by atoms with E-state index in [9.17, 15) is 0 Å². The Balaban J connectivity index is 1.97. The van der Waals surface area contributed by atoms with E-state index in [2.05, 4.69) is 28.0 Å². The van der Waals surface area contributed by atoms with Crippen LogP contribution in [0.1, 0.15) is 12.7 Å². The van der Waals surface area contributed by atoms with Crippen LogP contribution >= 0.6 is 0 Å². The average molecular weight is 233 g/mol. The fourth-order valence-electron chi connectivity index (χ4n) is 1.84. The van der Waals surface area contributed by atoms with Crippen LogP contribution in [-0.2, 0) is 18.3 Å². The maximum Gasteiger partial charge on any atom is 0.123 e. The monoisotopic (exact) mass is 233 g/mol. The SMILES string of the molecule is CCOCCNCc1nc2ccccc2n1C. The number of para-hydroxylation sites is 2. The Kier molecular flexibility index (Phi) is 4.12. The Morgan fingerprint density at radius 3 is 2.94 bits per heavy atom. The van der Waals surface area contributed by atoms with E-state index in [1.165, 1.54) is 5.52 Å². The van der Waals surface area contributed by atoms with Gasteiger partial charge in [0.25, 0.3) is 0 Å². The molecule has 0 aliphatic heterocycles. The normalized spacial score (nSPS) is 11.2. The largest absolute Gasteiger partial charge is 0.380 e. The number of benzene rings is 1. The van der Waals surface area contributed by atoms with Crippen molar-refractivity contribution in [1.29, 1.82) is 0 Å². The number of aromatic nitrogens is 2. The summed E-state index contributed by atoms with van der Waals surface area (Å²) in [5, 5.41) is 3.33. The van der Waals surface area contributed by atoms with Crippen molar-refractivity contribution in [3.8, 4) is 0 Å². The van der Waals surface area contributed by atoms with E-state index in [0.29, 0.717) is 0 Å². The second kappa shape index (κ2) is 5.80. The van der Waals surface area contributed by atoms with E-state index in [-0.39, 0.29) is 0 Å². The summed E-state index contributed by atoms with van der Waals surface area (Å²) in [4.78, 5) is 4.59. The molecule has 0 unspecified atom stereocenters. The average Bonchev–Trinajstić information content (AvgIpc) is 2.67. The highest BCUT2D eigenvalue weighted by Crippen LogP contribution is 2.13. The number of aryl methyl sites for hydroxylation is 1. The van der Waals surface area contributed by atoms with Gasteiger partial charge in [0.15, 0.2) is 0 Å². The highest BCUT2D eigenvalue weighted by molar-refractivity contribution is 5.75. The third-order valence-corrected chi connectivity index (χ3v) is 2.79. The molecule has 0 aliphatic carbocycles. The summed E-state index contributed by atoms with van der Waals surface area (Å²) in [5.41, 5.74) is 2.23. The van der Waals surface area contributed by atoms with Gasteiger partial charge in [-0.15, -0.1) is 0 Å². The lowest BCUT2D eigenvalue weighted by atomic mass is 10.3. The Bertz CT molecular complexity index is 478. The van der Waals surface area contributed by atoms with Gasteiger partial charge in [0, 0.05) is 20.2 Å². The first-order chi connectivity index (χ1) is 8.33. The third kappa shape index (κ3) is 2.84. The van der Waals surface area contributed by atoms with E-state index in [0.717, 1.165) is 37.6 Å². The number of rotatable bonds is 6. The molecule has 17 heavy (non-hydrogen) atoms. The quantitative estimate of drug-likeness (QED) is 0.772. The minimum absolute atomic E-state index is 0.750. The summed E-state index contributed by atoms with van der Waals surface area (Å²) >= 11 is 0. The Morgan fingerprint density at radius 2 is 2.18 bits per heavy atom. The van der Waals surface area contributed by atoms with Gasteiger partial charge in [-0.05, 0) is 19.1 Å². The van der Waals surface area contributed by atoms with Crippen molar-refractivity contribution in [3.05, 3.63) is 30.1 Å². The molecule has 0 bridgehead atoms. The van der Waals surface area contributed by atoms with Crippen LogP contribution in [0.5, 0.6) is 0 Å². The molecule has 2 aromatic rings. The molecule has 0 fully saturated rings. The first-order valence-corrected chi connectivity index (χ1v) is 6.01. The molecule has 0 aliphatic rings. The third-order valence-electron chi connectivity index (χ3n) is 2.79. The van der Waals surface area contributed by atoms with Crippen molar-refractivity contribution < 1.29 is 4.74 Å². The number of hydrogen-bond donors (Lipinski definition) is 1. The maximum atomic E-state index is 5.27. The van der Waals surface area contributed by atoms with Crippen LogP contribution in [0.2, 0.25) is 0 Å². The number of imidazole rings is 1. The number of hydrogen-bond acceptors (Lipinski definition) is 3. The number of nitrogens with zero attached hydrogens (tertiary/aromatic N) is 2. The smallest absolute Gasteiger partial charge is 0.123 e. The topological polar surface area (TPSA) is 39.1 Å². The zero-order valence-corrected chi connectivity index (χ0v) is 10.4. The second-order valence-corrected chi connectivity index (χ2v) is 3.95. The van der Waals surface area contributed by atoms with Crippen LogP contribution in [0.25, 0.3) is 11.0 Å². The second-order valence-electron chi connectivity index (χ2n) is 3.95. The van der Waals surface area contributed by atoms with E-state index in [4.69, 9.17) is 4.74 Å². The molecule has 0 spiro atoms. The van der Waals surface area contributed by atoms with E-state index in [1.54, 1.807) is 0 Å².